The predicted molar refractivity (Wildman–Crippen MR) is 71.2 cm³/mol. The third-order valence-electron chi connectivity index (χ3n) is 3.59. The Bertz CT molecular complexity index is 477. The number of nitrogens with one attached hydrogen (secondary N) is 1. The highest BCUT2D eigenvalue weighted by molar-refractivity contribution is 9.10. The topological polar surface area (TPSA) is 21.3 Å². The van der Waals surface area contributed by atoms with Crippen LogP contribution in [0, 0.1) is 0 Å². The Morgan fingerprint density at radius 3 is 2.63 bits per heavy atom. The number of benzene rings is 1. The van der Waals surface area contributed by atoms with E-state index < -0.39 is 17.3 Å². The first-order chi connectivity index (χ1) is 8.72. The summed E-state index contributed by atoms with van der Waals surface area (Å²) in [6.45, 7) is 4.31. The van der Waals surface area contributed by atoms with Crippen molar-refractivity contribution in [1.82, 2.24) is 0 Å². The Morgan fingerprint density at radius 1 is 1.42 bits per heavy atom. The lowest BCUT2D eigenvalue weighted by molar-refractivity contribution is -0.137. The smallest absolute Gasteiger partial charge is 0.377 e. The third-order valence-corrected chi connectivity index (χ3v) is 4.09. The molecule has 1 fully saturated rings. The summed E-state index contributed by atoms with van der Waals surface area (Å²) in [5.41, 5.74) is -1.05. The molecule has 1 aromatic rings. The fourth-order valence-electron chi connectivity index (χ4n) is 2.17. The van der Waals surface area contributed by atoms with Crippen molar-refractivity contribution in [3.05, 3.63) is 28.2 Å². The molecule has 19 heavy (non-hydrogen) atoms. The summed E-state index contributed by atoms with van der Waals surface area (Å²) in [6, 6.07) is 4.14. The predicted octanol–water partition coefficient (Wildman–Crippen LogP) is 4.45. The van der Waals surface area contributed by atoms with Crippen LogP contribution in [0.1, 0.15) is 25.8 Å². The minimum Gasteiger partial charge on any atom is -0.377 e. The molecule has 106 valence electrons. The first kappa shape index (κ1) is 14.7. The van der Waals surface area contributed by atoms with Crippen molar-refractivity contribution in [1.29, 1.82) is 0 Å². The van der Waals surface area contributed by atoms with Crippen LogP contribution in [0.25, 0.3) is 0 Å². The van der Waals surface area contributed by atoms with Crippen LogP contribution in [0.4, 0.5) is 18.9 Å². The van der Waals surface area contributed by atoms with Crippen LogP contribution in [-0.4, -0.2) is 18.2 Å². The van der Waals surface area contributed by atoms with Crippen molar-refractivity contribution in [2.45, 2.75) is 38.1 Å². The molecule has 0 aromatic heterocycles. The van der Waals surface area contributed by atoms with Crippen LogP contribution in [0.5, 0.6) is 0 Å². The van der Waals surface area contributed by atoms with Gasteiger partial charge in [0.05, 0.1) is 17.2 Å². The van der Waals surface area contributed by atoms with E-state index in [1.54, 1.807) is 6.07 Å². The third kappa shape index (κ3) is 3.05. The van der Waals surface area contributed by atoms with Gasteiger partial charge in [-0.1, -0.05) is 15.9 Å². The molecule has 6 heteroatoms. The van der Waals surface area contributed by atoms with E-state index >= 15 is 0 Å². The first-order valence-corrected chi connectivity index (χ1v) is 6.78. The van der Waals surface area contributed by atoms with Crippen molar-refractivity contribution >= 4 is 21.6 Å². The van der Waals surface area contributed by atoms with Gasteiger partial charge in [-0.05, 0) is 38.5 Å². The van der Waals surface area contributed by atoms with Crippen LogP contribution in [0.3, 0.4) is 0 Å². The molecule has 0 spiro atoms. The lowest BCUT2D eigenvalue weighted by atomic mass is 9.93. The van der Waals surface area contributed by atoms with Gasteiger partial charge in [-0.2, -0.15) is 13.2 Å². The molecule has 1 aromatic carbocycles. The molecule has 0 amide bonds. The summed E-state index contributed by atoms with van der Waals surface area (Å²) in [5, 5.41) is 3.00. The van der Waals surface area contributed by atoms with Crippen molar-refractivity contribution in [3.63, 3.8) is 0 Å². The number of alkyl halides is 3. The average molecular weight is 338 g/mol. The van der Waals surface area contributed by atoms with Crippen molar-refractivity contribution in [2.75, 3.05) is 11.9 Å². The molecule has 1 N–H and O–H groups in total. The van der Waals surface area contributed by atoms with E-state index in [-0.39, 0.29) is 11.8 Å². The van der Waals surface area contributed by atoms with E-state index in [9.17, 15) is 13.2 Å². The highest BCUT2D eigenvalue weighted by atomic mass is 79.9. The zero-order valence-corrected chi connectivity index (χ0v) is 12.2. The van der Waals surface area contributed by atoms with Crippen molar-refractivity contribution in [3.8, 4) is 0 Å². The van der Waals surface area contributed by atoms with Crippen molar-refractivity contribution in [2.24, 2.45) is 0 Å². The van der Waals surface area contributed by atoms with Crippen LogP contribution >= 0.6 is 15.9 Å². The van der Waals surface area contributed by atoms with Gasteiger partial charge in [0.15, 0.2) is 0 Å². The fourth-order valence-corrected chi connectivity index (χ4v) is 2.53. The first-order valence-electron chi connectivity index (χ1n) is 5.99. The Balaban J connectivity index is 2.35. The number of rotatable bonds is 2. The minimum absolute atomic E-state index is 0.0931. The number of ether oxygens (including phenoxy) is 1. The maximum absolute atomic E-state index is 13.0. The molecule has 0 radical (unpaired) electrons. The molecule has 0 bridgehead atoms. The summed E-state index contributed by atoms with van der Waals surface area (Å²) in [6.07, 6.45) is -3.83. The summed E-state index contributed by atoms with van der Waals surface area (Å²) in [5.74, 6) is 0. The normalized spacial score (nSPS) is 27.6. The van der Waals surface area contributed by atoms with E-state index in [4.69, 9.17) is 4.74 Å². The maximum Gasteiger partial charge on any atom is 0.418 e. The van der Waals surface area contributed by atoms with Gasteiger partial charge in [-0.25, -0.2) is 0 Å². The zero-order valence-electron chi connectivity index (χ0n) is 10.6. The van der Waals surface area contributed by atoms with E-state index in [1.807, 2.05) is 13.8 Å². The van der Waals surface area contributed by atoms with Gasteiger partial charge in [0.2, 0.25) is 0 Å². The lowest BCUT2D eigenvalue weighted by Crippen LogP contribution is -2.41. The number of hydrogen-bond acceptors (Lipinski definition) is 2. The largest absolute Gasteiger partial charge is 0.418 e. The fraction of sp³-hybridized carbons (Fsp3) is 0.538. The molecule has 1 heterocycles. The lowest BCUT2D eigenvalue weighted by Gasteiger charge is -2.31. The average Bonchev–Trinajstić information content (AvgIpc) is 2.60. The minimum atomic E-state index is -4.38. The summed E-state index contributed by atoms with van der Waals surface area (Å²) >= 11 is 3.07. The number of anilines is 1. The molecular weight excluding hydrogens is 323 g/mol. The van der Waals surface area contributed by atoms with Crippen LogP contribution < -0.4 is 5.32 Å². The van der Waals surface area contributed by atoms with Gasteiger partial charge in [0.1, 0.15) is 0 Å². The SMILES string of the molecule is CC1OCCC1(C)Nc1ccc(Br)cc1C(F)(F)F. The highest BCUT2D eigenvalue weighted by Gasteiger charge is 2.40. The van der Waals surface area contributed by atoms with Gasteiger partial charge >= 0.3 is 6.18 Å². The molecule has 1 aliphatic rings. The monoisotopic (exact) mass is 337 g/mol. The Kier molecular flexibility index (Phi) is 3.84. The van der Waals surface area contributed by atoms with Crippen LogP contribution in [0.2, 0.25) is 0 Å². The van der Waals surface area contributed by atoms with E-state index in [2.05, 4.69) is 21.2 Å². The quantitative estimate of drug-likeness (QED) is 0.860. The van der Waals surface area contributed by atoms with E-state index in [1.165, 1.54) is 6.07 Å². The summed E-state index contributed by atoms with van der Waals surface area (Å²) in [7, 11) is 0. The molecule has 2 unspecified atom stereocenters. The van der Waals surface area contributed by atoms with Gasteiger partial charge in [0, 0.05) is 16.8 Å². The van der Waals surface area contributed by atoms with E-state index in [0.717, 1.165) is 6.07 Å². The second-order valence-corrected chi connectivity index (χ2v) is 5.91. The zero-order chi connectivity index (χ0) is 14.3. The maximum atomic E-state index is 13.0. The highest BCUT2D eigenvalue weighted by Crippen LogP contribution is 2.39. The molecule has 2 atom stereocenters. The summed E-state index contributed by atoms with van der Waals surface area (Å²) in [4.78, 5) is 0. The molecule has 1 saturated heterocycles. The second kappa shape index (κ2) is 4.98. The molecule has 2 nitrogen and oxygen atoms in total. The Morgan fingerprint density at radius 2 is 2.11 bits per heavy atom. The number of hydrogen-bond donors (Lipinski definition) is 1. The van der Waals surface area contributed by atoms with Gasteiger partial charge in [-0.15, -0.1) is 0 Å². The van der Waals surface area contributed by atoms with Crippen molar-refractivity contribution < 1.29 is 17.9 Å². The number of halogens is 4. The standard InChI is InChI=1S/C13H15BrF3NO/c1-8-12(2,5-6-19-8)18-11-4-3-9(14)7-10(11)13(15,16)17/h3-4,7-8,18H,5-6H2,1-2H3. The molecule has 2 rings (SSSR count). The summed E-state index contributed by atoms with van der Waals surface area (Å²) < 4.78 is 44.9. The van der Waals surface area contributed by atoms with E-state index in [0.29, 0.717) is 17.5 Å². The van der Waals surface area contributed by atoms with Crippen LogP contribution in [-0.2, 0) is 10.9 Å². The molecule has 0 aliphatic carbocycles. The van der Waals surface area contributed by atoms with Gasteiger partial charge in [-0.3, -0.25) is 0 Å². The molecular formula is C13H15BrF3NO. The Labute approximate surface area is 118 Å². The van der Waals surface area contributed by atoms with Gasteiger partial charge < -0.3 is 10.1 Å². The Hall–Kier alpha value is -0.750. The molecule has 1 aliphatic heterocycles. The van der Waals surface area contributed by atoms with Crippen LogP contribution in [0.15, 0.2) is 22.7 Å². The van der Waals surface area contributed by atoms with Gasteiger partial charge in [0.25, 0.3) is 0 Å². The molecule has 0 saturated carbocycles. The second-order valence-electron chi connectivity index (χ2n) is 4.99.